The van der Waals surface area contributed by atoms with Gasteiger partial charge in [0, 0.05) is 0 Å². The van der Waals surface area contributed by atoms with Crippen LogP contribution in [0.3, 0.4) is 0 Å². The van der Waals surface area contributed by atoms with Crippen molar-refractivity contribution in [1.29, 1.82) is 0 Å². The minimum absolute atomic E-state index is 0.500. The second-order valence-corrected chi connectivity index (χ2v) is 1.94. The normalized spacial score (nSPS) is 11.9. The van der Waals surface area contributed by atoms with E-state index in [1.807, 2.05) is 32.1 Å². The monoisotopic (exact) mass is 156 g/mol. The van der Waals surface area contributed by atoms with Crippen molar-refractivity contribution in [1.82, 2.24) is 0 Å². The molecule has 0 radical (unpaired) electrons. The van der Waals surface area contributed by atoms with Crippen molar-refractivity contribution in [2.75, 3.05) is 7.18 Å². The first kappa shape index (κ1) is 12.8. The summed E-state index contributed by atoms with van der Waals surface area (Å²) in [6.45, 7) is 6.12. The van der Waals surface area contributed by atoms with Crippen molar-refractivity contribution in [2.24, 2.45) is 0 Å². The molecule has 0 saturated heterocycles. The van der Waals surface area contributed by atoms with Crippen molar-refractivity contribution in [2.45, 2.75) is 20.8 Å². The molecule has 0 amide bonds. The molecule has 0 aliphatic rings. The van der Waals surface area contributed by atoms with E-state index in [0.717, 1.165) is 0 Å². The van der Waals surface area contributed by atoms with Gasteiger partial charge in [-0.1, -0.05) is 36.0 Å². The highest BCUT2D eigenvalue weighted by molar-refractivity contribution is 5.20. The summed E-state index contributed by atoms with van der Waals surface area (Å²) < 4.78 is 9.50. The lowest BCUT2D eigenvalue weighted by Gasteiger charge is -1.83. The fourth-order valence-electron chi connectivity index (χ4n) is 0.566. The molecule has 0 bridgehead atoms. The van der Waals surface area contributed by atoms with Crippen LogP contribution in [0.5, 0.6) is 0 Å². The molecule has 0 nitrogen and oxygen atoms in total. The van der Waals surface area contributed by atoms with E-state index in [4.69, 9.17) is 0 Å². The Bertz CT molecular complexity index is 141. The van der Waals surface area contributed by atoms with Gasteiger partial charge in [-0.2, -0.15) is 0 Å². The van der Waals surface area contributed by atoms with Crippen LogP contribution in [0.25, 0.3) is 0 Å². The van der Waals surface area contributed by atoms with Crippen molar-refractivity contribution >= 4 is 0 Å². The first-order chi connectivity index (χ1) is 5.31. The molecule has 0 aromatic heterocycles. The van der Waals surface area contributed by atoms with E-state index in [1.165, 1.54) is 5.57 Å². The van der Waals surface area contributed by atoms with Gasteiger partial charge in [-0.3, -0.25) is 4.39 Å². The van der Waals surface area contributed by atoms with Gasteiger partial charge in [0.15, 0.2) is 0 Å². The van der Waals surface area contributed by atoms with Gasteiger partial charge in [-0.15, -0.1) is 0 Å². The van der Waals surface area contributed by atoms with E-state index in [1.54, 1.807) is 0 Å². The van der Waals surface area contributed by atoms with Crippen molar-refractivity contribution in [3.63, 3.8) is 0 Å². The Kier molecular flexibility index (Phi) is 13.8. The van der Waals surface area contributed by atoms with Gasteiger partial charge in [0.2, 0.25) is 0 Å². The number of allylic oxidation sites excluding steroid dienone is 6. The van der Waals surface area contributed by atoms with E-state index in [-0.39, 0.29) is 0 Å². The Hall–Kier alpha value is -0.850. The second kappa shape index (κ2) is 11.9. The highest BCUT2D eigenvalue weighted by Crippen LogP contribution is 1.93. The van der Waals surface area contributed by atoms with Crippen molar-refractivity contribution in [3.8, 4) is 0 Å². The SMILES string of the molecule is CF.C\C=C/C(C)=C\C=C\C. The van der Waals surface area contributed by atoms with E-state index in [9.17, 15) is 4.39 Å². The lowest BCUT2D eigenvalue weighted by atomic mass is 10.2. The maximum absolute atomic E-state index is 9.50. The molecule has 0 rings (SSSR count). The molecular formula is C10H17F. The van der Waals surface area contributed by atoms with Crippen LogP contribution in [-0.4, -0.2) is 7.18 Å². The topological polar surface area (TPSA) is 0 Å². The van der Waals surface area contributed by atoms with Gasteiger partial charge in [-0.05, 0) is 20.8 Å². The summed E-state index contributed by atoms with van der Waals surface area (Å²) in [4.78, 5) is 0. The number of rotatable bonds is 2. The van der Waals surface area contributed by atoms with Crippen LogP contribution in [-0.2, 0) is 0 Å². The van der Waals surface area contributed by atoms with Gasteiger partial charge < -0.3 is 0 Å². The summed E-state index contributed by atoms with van der Waals surface area (Å²) in [7, 11) is 0.500. The largest absolute Gasteiger partial charge is 0.255 e. The minimum Gasteiger partial charge on any atom is -0.255 e. The van der Waals surface area contributed by atoms with Crippen LogP contribution < -0.4 is 0 Å². The van der Waals surface area contributed by atoms with Crippen molar-refractivity contribution < 1.29 is 4.39 Å². The van der Waals surface area contributed by atoms with Crippen LogP contribution in [0.2, 0.25) is 0 Å². The molecule has 0 aliphatic heterocycles. The summed E-state index contributed by atoms with van der Waals surface area (Å²) in [6, 6.07) is 0. The maximum atomic E-state index is 9.50. The molecule has 0 aliphatic carbocycles. The second-order valence-electron chi connectivity index (χ2n) is 1.94. The predicted octanol–water partition coefficient (Wildman–Crippen LogP) is 3.67. The minimum atomic E-state index is 0.500. The highest BCUT2D eigenvalue weighted by atomic mass is 19.1. The lowest BCUT2D eigenvalue weighted by molar-refractivity contribution is 0.636. The highest BCUT2D eigenvalue weighted by Gasteiger charge is 1.72. The fraction of sp³-hybridized carbons (Fsp3) is 0.400. The smallest absolute Gasteiger partial charge is 0.0785 e. The van der Waals surface area contributed by atoms with Gasteiger partial charge in [0.05, 0.1) is 7.18 Å². The molecule has 0 atom stereocenters. The molecule has 0 aromatic rings. The van der Waals surface area contributed by atoms with Crippen molar-refractivity contribution in [3.05, 3.63) is 36.0 Å². The van der Waals surface area contributed by atoms with Crippen LogP contribution in [0.1, 0.15) is 20.8 Å². The van der Waals surface area contributed by atoms with Gasteiger partial charge in [0.1, 0.15) is 0 Å². The Labute approximate surface area is 69.1 Å². The summed E-state index contributed by atoms with van der Waals surface area (Å²) in [6.07, 6.45) is 10.3. The third-order valence-electron chi connectivity index (χ3n) is 0.981. The van der Waals surface area contributed by atoms with E-state index in [0.29, 0.717) is 7.18 Å². The average molecular weight is 156 g/mol. The third-order valence-corrected chi connectivity index (χ3v) is 0.981. The maximum Gasteiger partial charge on any atom is 0.0785 e. The Morgan fingerprint density at radius 2 is 1.64 bits per heavy atom. The zero-order chi connectivity index (χ0) is 9.11. The summed E-state index contributed by atoms with van der Waals surface area (Å²) in [5.74, 6) is 0. The first-order valence-corrected chi connectivity index (χ1v) is 3.61. The van der Waals surface area contributed by atoms with E-state index in [2.05, 4.69) is 19.1 Å². The zero-order valence-corrected chi connectivity index (χ0v) is 7.76. The summed E-state index contributed by atoms with van der Waals surface area (Å²) in [5, 5.41) is 0. The molecule has 0 unspecified atom stereocenters. The molecule has 0 N–H and O–H groups in total. The predicted molar refractivity (Wildman–Crippen MR) is 50.4 cm³/mol. The standard InChI is InChI=1S/C9H14.CH3F/c1-4-6-8-9(3)7-5-2;1-2/h4-8H,1-3H3;1H3/b6-4+,7-5-,9-8-;. The molecule has 0 heterocycles. The third kappa shape index (κ3) is 12.4. The van der Waals surface area contributed by atoms with Gasteiger partial charge in [0.25, 0.3) is 0 Å². The Morgan fingerprint density at radius 3 is 2.00 bits per heavy atom. The number of hydrogen-bond donors (Lipinski definition) is 0. The van der Waals surface area contributed by atoms with E-state index < -0.39 is 0 Å². The number of halogens is 1. The quantitative estimate of drug-likeness (QED) is 0.535. The lowest BCUT2D eigenvalue weighted by Crippen LogP contribution is -1.62. The molecule has 0 spiro atoms. The van der Waals surface area contributed by atoms with Crippen LogP contribution in [0, 0.1) is 0 Å². The van der Waals surface area contributed by atoms with Crippen LogP contribution in [0.15, 0.2) is 36.0 Å². The zero-order valence-electron chi connectivity index (χ0n) is 7.76. The van der Waals surface area contributed by atoms with E-state index >= 15 is 0 Å². The van der Waals surface area contributed by atoms with Gasteiger partial charge in [-0.25, -0.2) is 0 Å². The molecular weight excluding hydrogens is 139 g/mol. The average Bonchev–Trinajstić information content (AvgIpc) is 2.05. The molecule has 0 fully saturated rings. The van der Waals surface area contributed by atoms with Crippen LogP contribution in [0.4, 0.5) is 4.39 Å². The Balaban J connectivity index is 0. The summed E-state index contributed by atoms with van der Waals surface area (Å²) >= 11 is 0. The molecule has 0 saturated carbocycles. The summed E-state index contributed by atoms with van der Waals surface area (Å²) in [5.41, 5.74) is 1.29. The van der Waals surface area contributed by atoms with Crippen LogP contribution >= 0.6 is 0 Å². The fourth-order valence-corrected chi connectivity index (χ4v) is 0.566. The molecule has 64 valence electrons. The molecule has 1 heteroatoms. The first-order valence-electron chi connectivity index (χ1n) is 3.61. The van der Waals surface area contributed by atoms with Gasteiger partial charge >= 0.3 is 0 Å². The molecule has 0 aromatic carbocycles. The number of alkyl halides is 1. The number of hydrogen-bond acceptors (Lipinski definition) is 0. The Morgan fingerprint density at radius 1 is 1.09 bits per heavy atom. The molecule has 11 heavy (non-hydrogen) atoms.